The summed E-state index contributed by atoms with van der Waals surface area (Å²) in [6.07, 6.45) is -5.11. The molecule has 1 saturated heterocycles. The number of aryl methyl sites for hydroxylation is 1. The molecule has 2 aromatic carbocycles. The van der Waals surface area contributed by atoms with Crippen LogP contribution < -0.4 is 10.6 Å². The van der Waals surface area contributed by atoms with Crippen molar-refractivity contribution in [1.82, 2.24) is 10.2 Å². The number of amides is 3. The van der Waals surface area contributed by atoms with Gasteiger partial charge in [0.15, 0.2) is 0 Å². The summed E-state index contributed by atoms with van der Waals surface area (Å²) >= 11 is 0. The second-order valence-corrected chi connectivity index (χ2v) is 9.33. The second kappa shape index (κ2) is 9.52. The number of alkyl halides is 3. The Hall–Kier alpha value is -3.30. The molecule has 10 heteroatoms. The molecule has 2 N–H and O–H groups in total. The van der Waals surface area contributed by atoms with Crippen LogP contribution in [0.25, 0.3) is 0 Å². The number of rotatable bonds is 3. The van der Waals surface area contributed by atoms with Crippen molar-refractivity contribution in [3.63, 3.8) is 0 Å². The van der Waals surface area contributed by atoms with Crippen molar-refractivity contribution in [2.75, 3.05) is 18.4 Å². The molecular weight excluding hydrogens is 454 g/mol. The Labute approximate surface area is 195 Å². The molecule has 1 aliphatic heterocycles. The van der Waals surface area contributed by atoms with Crippen LogP contribution in [0, 0.1) is 12.7 Å². The van der Waals surface area contributed by atoms with E-state index in [1.807, 2.05) is 0 Å². The van der Waals surface area contributed by atoms with Gasteiger partial charge in [-0.2, -0.15) is 13.2 Å². The standard InChI is InChI=1S/C24H27F4N3O3/c1-14-9-16(24(26,27)28)11-18(10-14)29-21(32)30-20-13-31(22(33)34-23(2,3)4)12-19(20)15-5-7-17(25)8-6-15/h5-11,19-20H,12-13H2,1-4H3,(H2,29,30,32)/t19-,20+/m0/s1. The van der Waals surface area contributed by atoms with Gasteiger partial charge in [-0.3, -0.25) is 0 Å². The number of hydrogen-bond acceptors (Lipinski definition) is 3. The summed E-state index contributed by atoms with van der Waals surface area (Å²) in [6, 6.07) is 7.68. The number of ether oxygens (including phenoxy) is 1. The average Bonchev–Trinajstić information content (AvgIpc) is 3.10. The van der Waals surface area contributed by atoms with Crippen molar-refractivity contribution in [2.45, 2.75) is 51.4 Å². The van der Waals surface area contributed by atoms with Crippen molar-refractivity contribution in [3.05, 3.63) is 65.0 Å². The van der Waals surface area contributed by atoms with Gasteiger partial charge >= 0.3 is 18.3 Å². The van der Waals surface area contributed by atoms with Gasteiger partial charge in [0.25, 0.3) is 0 Å². The fraction of sp³-hybridized carbons (Fsp3) is 0.417. The van der Waals surface area contributed by atoms with Crippen molar-refractivity contribution >= 4 is 17.8 Å². The summed E-state index contributed by atoms with van der Waals surface area (Å²) in [7, 11) is 0. The Balaban J connectivity index is 1.78. The van der Waals surface area contributed by atoms with E-state index in [-0.39, 0.29) is 24.7 Å². The van der Waals surface area contributed by atoms with E-state index in [1.165, 1.54) is 30.0 Å². The van der Waals surface area contributed by atoms with Crippen LogP contribution in [-0.4, -0.2) is 41.8 Å². The highest BCUT2D eigenvalue weighted by Gasteiger charge is 2.39. The molecule has 0 unspecified atom stereocenters. The Morgan fingerprint density at radius 2 is 1.68 bits per heavy atom. The SMILES string of the molecule is Cc1cc(NC(=O)N[C@@H]2CN(C(=O)OC(C)(C)C)C[C@H]2c2ccc(F)cc2)cc(C(F)(F)F)c1. The highest BCUT2D eigenvalue weighted by molar-refractivity contribution is 5.90. The molecule has 0 aromatic heterocycles. The van der Waals surface area contributed by atoms with Gasteiger partial charge in [-0.1, -0.05) is 12.1 Å². The zero-order chi connectivity index (χ0) is 25.3. The summed E-state index contributed by atoms with van der Waals surface area (Å²) in [5, 5.41) is 5.18. The van der Waals surface area contributed by atoms with Gasteiger partial charge in [0, 0.05) is 24.7 Å². The molecule has 0 bridgehead atoms. The number of anilines is 1. The minimum absolute atomic E-state index is 0.00912. The molecule has 0 saturated carbocycles. The second-order valence-electron chi connectivity index (χ2n) is 9.33. The van der Waals surface area contributed by atoms with Crippen LogP contribution in [0.1, 0.15) is 43.4 Å². The van der Waals surface area contributed by atoms with Gasteiger partial charge < -0.3 is 20.3 Å². The number of carbonyl (C=O) groups excluding carboxylic acids is 2. The highest BCUT2D eigenvalue weighted by atomic mass is 19.4. The van der Waals surface area contributed by atoms with Gasteiger partial charge in [0.05, 0.1) is 11.6 Å². The lowest BCUT2D eigenvalue weighted by Crippen LogP contribution is -2.43. The molecule has 0 aliphatic carbocycles. The predicted octanol–water partition coefficient (Wildman–Crippen LogP) is 5.68. The molecule has 1 fully saturated rings. The Morgan fingerprint density at radius 3 is 2.26 bits per heavy atom. The number of nitrogens with one attached hydrogen (secondary N) is 2. The minimum atomic E-state index is -4.55. The summed E-state index contributed by atoms with van der Waals surface area (Å²) in [6.45, 7) is 7.04. The Kier molecular flexibility index (Phi) is 7.09. The maximum atomic E-state index is 13.4. The van der Waals surface area contributed by atoms with Gasteiger partial charge in [0.1, 0.15) is 11.4 Å². The van der Waals surface area contributed by atoms with E-state index in [2.05, 4.69) is 10.6 Å². The van der Waals surface area contributed by atoms with Crippen LogP contribution in [0.3, 0.4) is 0 Å². The fourth-order valence-electron chi connectivity index (χ4n) is 3.83. The first-order valence-corrected chi connectivity index (χ1v) is 10.7. The molecule has 3 amide bonds. The molecule has 34 heavy (non-hydrogen) atoms. The van der Waals surface area contributed by atoms with E-state index >= 15 is 0 Å². The van der Waals surface area contributed by atoms with Crippen LogP contribution in [0.4, 0.5) is 32.8 Å². The molecule has 0 spiro atoms. The first kappa shape index (κ1) is 25.3. The number of benzene rings is 2. The van der Waals surface area contributed by atoms with E-state index in [0.717, 1.165) is 12.1 Å². The molecule has 184 valence electrons. The fourth-order valence-corrected chi connectivity index (χ4v) is 3.83. The molecule has 2 aromatic rings. The third-order valence-corrected chi connectivity index (χ3v) is 5.25. The lowest BCUT2D eigenvalue weighted by molar-refractivity contribution is -0.137. The smallest absolute Gasteiger partial charge is 0.416 e. The van der Waals surface area contributed by atoms with Gasteiger partial charge in [0.2, 0.25) is 0 Å². The van der Waals surface area contributed by atoms with E-state index in [0.29, 0.717) is 11.1 Å². The van der Waals surface area contributed by atoms with E-state index in [9.17, 15) is 27.2 Å². The first-order chi connectivity index (χ1) is 15.7. The third-order valence-electron chi connectivity index (χ3n) is 5.25. The zero-order valence-corrected chi connectivity index (χ0v) is 19.3. The topological polar surface area (TPSA) is 70.7 Å². The van der Waals surface area contributed by atoms with Gasteiger partial charge in [-0.25, -0.2) is 14.0 Å². The lowest BCUT2D eigenvalue weighted by atomic mass is 9.94. The molecule has 2 atom stereocenters. The van der Waals surface area contributed by atoms with E-state index in [1.54, 1.807) is 32.9 Å². The van der Waals surface area contributed by atoms with E-state index < -0.39 is 41.3 Å². The van der Waals surface area contributed by atoms with Gasteiger partial charge in [-0.15, -0.1) is 0 Å². The maximum absolute atomic E-state index is 13.4. The van der Waals surface area contributed by atoms with Crippen molar-refractivity contribution < 1.29 is 31.9 Å². The largest absolute Gasteiger partial charge is 0.444 e. The van der Waals surface area contributed by atoms with E-state index in [4.69, 9.17) is 4.74 Å². The number of nitrogens with zero attached hydrogens (tertiary/aromatic N) is 1. The quantitative estimate of drug-likeness (QED) is 0.555. The molecule has 6 nitrogen and oxygen atoms in total. The summed E-state index contributed by atoms with van der Waals surface area (Å²) < 4.78 is 58.2. The van der Waals surface area contributed by atoms with Crippen molar-refractivity contribution in [1.29, 1.82) is 0 Å². The first-order valence-electron chi connectivity index (χ1n) is 10.7. The zero-order valence-electron chi connectivity index (χ0n) is 19.3. The average molecular weight is 481 g/mol. The van der Waals surface area contributed by atoms with Crippen LogP contribution in [0.5, 0.6) is 0 Å². The summed E-state index contributed by atoms with van der Waals surface area (Å²) in [5.41, 5.74) is -0.555. The number of hydrogen-bond donors (Lipinski definition) is 2. The molecule has 1 aliphatic rings. The normalized spacial score (nSPS) is 18.5. The van der Waals surface area contributed by atoms with Gasteiger partial charge in [-0.05, 0) is 69.2 Å². The van der Waals surface area contributed by atoms with Crippen LogP contribution in [0.2, 0.25) is 0 Å². The summed E-state index contributed by atoms with van der Waals surface area (Å²) in [4.78, 5) is 26.7. The Bertz CT molecular complexity index is 1050. The van der Waals surface area contributed by atoms with Crippen LogP contribution >= 0.6 is 0 Å². The molecule has 1 heterocycles. The number of carbonyl (C=O) groups is 2. The Morgan fingerprint density at radius 1 is 1.03 bits per heavy atom. The van der Waals surface area contributed by atoms with Crippen LogP contribution in [-0.2, 0) is 10.9 Å². The minimum Gasteiger partial charge on any atom is -0.444 e. The molecule has 3 rings (SSSR count). The highest BCUT2D eigenvalue weighted by Crippen LogP contribution is 2.32. The lowest BCUT2D eigenvalue weighted by Gasteiger charge is -2.24. The summed E-state index contributed by atoms with van der Waals surface area (Å²) in [5.74, 6) is -0.796. The molecule has 0 radical (unpaired) electrons. The number of halogens is 4. The molecular formula is C24H27F4N3O3. The maximum Gasteiger partial charge on any atom is 0.416 e. The van der Waals surface area contributed by atoms with Crippen molar-refractivity contribution in [3.8, 4) is 0 Å². The number of urea groups is 1. The predicted molar refractivity (Wildman–Crippen MR) is 119 cm³/mol. The monoisotopic (exact) mass is 481 g/mol. The van der Waals surface area contributed by atoms with Crippen LogP contribution in [0.15, 0.2) is 42.5 Å². The third kappa shape index (κ3) is 6.61. The van der Waals surface area contributed by atoms with Crippen molar-refractivity contribution in [2.24, 2.45) is 0 Å². The number of likely N-dealkylation sites (tertiary alicyclic amines) is 1.